The second-order valence-electron chi connectivity index (χ2n) is 6.96. The summed E-state index contributed by atoms with van der Waals surface area (Å²) in [4.78, 5) is 19.9. The third-order valence-electron chi connectivity index (χ3n) is 3.50. The molecule has 6 heteroatoms. The minimum Gasteiger partial charge on any atom is -0.493 e. The van der Waals surface area contributed by atoms with Gasteiger partial charge in [-0.25, -0.2) is 4.79 Å². The van der Waals surface area contributed by atoms with Gasteiger partial charge < -0.3 is 9.47 Å². The van der Waals surface area contributed by atoms with Gasteiger partial charge in [-0.2, -0.15) is 0 Å². The number of hydrogen-bond acceptors (Lipinski definition) is 5. The van der Waals surface area contributed by atoms with E-state index >= 15 is 0 Å². The van der Waals surface area contributed by atoms with Crippen LogP contribution in [0, 0.1) is 0 Å². The highest BCUT2D eigenvalue weighted by molar-refractivity contribution is 5.69. The summed E-state index contributed by atoms with van der Waals surface area (Å²) < 4.78 is 11.1. The van der Waals surface area contributed by atoms with Crippen LogP contribution in [0.4, 0.5) is 4.79 Å². The minimum atomic E-state index is -0.495. The maximum Gasteiger partial charge on any atom is 0.414 e. The first-order chi connectivity index (χ1) is 11.3. The number of hydrogen-bond donors (Lipinski definition) is 0. The standard InChI is InChI=1S/C18H27N3O3/c1-18(2,3)24-17(22)21-11-12-23-16(14-21)13-20(4)10-7-15-5-8-19-9-6-15/h5-6,8-9,14H,7,10-13H2,1-4H3. The fourth-order valence-corrected chi connectivity index (χ4v) is 2.32. The second kappa shape index (κ2) is 8.15. The van der Waals surface area contributed by atoms with Crippen LogP contribution in [-0.2, 0) is 15.9 Å². The van der Waals surface area contributed by atoms with Gasteiger partial charge in [-0.3, -0.25) is 14.8 Å². The average molecular weight is 333 g/mol. The van der Waals surface area contributed by atoms with Crippen LogP contribution in [0.25, 0.3) is 0 Å². The Bertz CT molecular complexity index is 567. The molecule has 0 spiro atoms. The van der Waals surface area contributed by atoms with Gasteiger partial charge in [-0.15, -0.1) is 0 Å². The Labute approximate surface area is 144 Å². The molecule has 1 aliphatic rings. The molecule has 0 saturated heterocycles. The summed E-state index contributed by atoms with van der Waals surface area (Å²) in [5.74, 6) is 0.782. The molecule has 132 valence electrons. The predicted molar refractivity (Wildman–Crippen MR) is 92.4 cm³/mol. The van der Waals surface area contributed by atoms with E-state index in [1.807, 2.05) is 40.0 Å². The molecule has 0 aliphatic carbocycles. The van der Waals surface area contributed by atoms with Crippen LogP contribution in [0.5, 0.6) is 0 Å². The Hall–Kier alpha value is -2.08. The molecule has 0 radical (unpaired) electrons. The van der Waals surface area contributed by atoms with Crippen LogP contribution >= 0.6 is 0 Å². The molecular formula is C18H27N3O3. The van der Waals surface area contributed by atoms with Crippen molar-refractivity contribution in [2.45, 2.75) is 32.8 Å². The number of nitrogens with zero attached hydrogens (tertiary/aromatic N) is 3. The molecule has 0 bridgehead atoms. The monoisotopic (exact) mass is 333 g/mol. The fraction of sp³-hybridized carbons (Fsp3) is 0.556. The molecule has 0 aromatic carbocycles. The van der Waals surface area contributed by atoms with Crippen LogP contribution in [-0.4, -0.2) is 59.8 Å². The lowest BCUT2D eigenvalue weighted by molar-refractivity contribution is 0.0233. The fourth-order valence-electron chi connectivity index (χ4n) is 2.32. The van der Waals surface area contributed by atoms with E-state index in [1.165, 1.54) is 5.56 Å². The smallest absolute Gasteiger partial charge is 0.414 e. The third kappa shape index (κ3) is 6.20. The van der Waals surface area contributed by atoms with Gasteiger partial charge >= 0.3 is 6.09 Å². The van der Waals surface area contributed by atoms with Crippen molar-refractivity contribution in [3.05, 3.63) is 42.0 Å². The quantitative estimate of drug-likeness (QED) is 0.829. The zero-order valence-electron chi connectivity index (χ0n) is 15.0. The summed E-state index contributed by atoms with van der Waals surface area (Å²) in [6.07, 6.45) is 5.98. The molecule has 1 aromatic heterocycles. The zero-order chi connectivity index (χ0) is 17.6. The van der Waals surface area contributed by atoms with Crippen molar-refractivity contribution in [2.75, 3.05) is 33.3 Å². The largest absolute Gasteiger partial charge is 0.493 e. The van der Waals surface area contributed by atoms with E-state index < -0.39 is 5.60 Å². The topological polar surface area (TPSA) is 54.9 Å². The Balaban J connectivity index is 1.85. The number of pyridine rings is 1. The van der Waals surface area contributed by atoms with Crippen molar-refractivity contribution in [3.63, 3.8) is 0 Å². The lowest BCUT2D eigenvalue weighted by Crippen LogP contribution is -2.39. The molecule has 6 nitrogen and oxygen atoms in total. The van der Waals surface area contributed by atoms with Gasteiger partial charge in [0.15, 0.2) is 0 Å². The van der Waals surface area contributed by atoms with E-state index in [2.05, 4.69) is 9.88 Å². The molecule has 1 amide bonds. The van der Waals surface area contributed by atoms with Crippen LogP contribution in [0.15, 0.2) is 36.5 Å². The molecule has 24 heavy (non-hydrogen) atoms. The van der Waals surface area contributed by atoms with Gasteiger partial charge in [0.1, 0.15) is 18.0 Å². The van der Waals surface area contributed by atoms with E-state index in [0.717, 1.165) is 18.7 Å². The van der Waals surface area contributed by atoms with Crippen LogP contribution in [0.3, 0.4) is 0 Å². The molecule has 0 N–H and O–H groups in total. The van der Waals surface area contributed by atoms with Crippen molar-refractivity contribution in [3.8, 4) is 0 Å². The summed E-state index contributed by atoms with van der Waals surface area (Å²) in [5, 5.41) is 0. The van der Waals surface area contributed by atoms with Gasteiger partial charge in [-0.1, -0.05) is 0 Å². The van der Waals surface area contributed by atoms with Gasteiger partial charge in [0.05, 0.1) is 13.1 Å². The molecule has 1 aromatic rings. The first kappa shape index (κ1) is 18.3. The van der Waals surface area contributed by atoms with E-state index in [-0.39, 0.29) is 6.09 Å². The summed E-state index contributed by atoms with van der Waals surface area (Å²) in [6.45, 7) is 8.15. The van der Waals surface area contributed by atoms with E-state index in [9.17, 15) is 4.79 Å². The lowest BCUT2D eigenvalue weighted by Gasteiger charge is -2.29. The molecule has 2 rings (SSSR count). The molecule has 0 fully saturated rings. The highest BCUT2D eigenvalue weighted by atomic mass is 16.6. The normalized spacial score (nSPS) is 15.0. The second-order valence-corrected chi connectivity index (χ2v) is 6.96. The average Bonchev–Trinajstić information content (AvgIpc) is 2.52. The van der Waals surface area contributed by atoms with Crippen molar-refractivity contribution in [1.82, 2.24) is 14.8 Å². The summed E-state index contributed by atoms with van der Waals surface area (Å²) in [6, 6.07) is 4.04. The maximum atomic E-state index is 12.1. The van der Waals surface area contributed by atoms with Crippen LogP contribution in [0.1, 0.15) is 26.3 Å². The lowest BCUT2D eigenvalue weighted by atomic mass is 10.2. The molecule has 2 heterocycles. The number of rotatable bonds is 5. The first-order valence-corrected chi connectivity index (χ1v) is 8.24. The van der Waals surface area contributed by atoms with Gasteiger partial charge in [-0.05, 0) is 51.9 Å². The Kier molecular flexibility index (Phi) is 6.20. The van der Waals surface area contributed by atoms with Gasteiger partial charge in [0, 0.05) is 25.1 Å². The number of amides is 1. The summed E-state index contributed by atoms with van der Waals surface area (Å²) in [7, 11) is 2.04. The SMILES string of the molecule is CN(CCc1ccncc1)CC1=CN(C(=O)OC(C)(C)C)CCO1. The first-order valence-electron chi connectivity index (χ1n) is 8.24. The zero-order valence-corrected chi connectivity index (χ0v) is 15.0. The molecule has 0 unspecified atom stereocenters. The van der Waals surface area contributed by atoms with Gasteiger partial charge in [0.25, 0.3) is 0 Å². The summed E-state index contributed by atoms with van der Waals surface area (Å²) >= 11 is 0. The van der Waals surface area contributed by atoms with E-state index in [0.29, 0.717) is 19.7 Å². The Morgan fingerprint density at radius 1 is 1.38 bits per heavy atom. The van der Waals surface area contributed by atoms with Crippen molar-refractivity contribution < 1.29 is 14.3 Å². The van der Waals surface area contributed by atoms with Gasteiger partial charge in [0.2, 0.25) is 0 Å². The maximum absolute atomic E-state index is 12.1. The number of carbonyl (C=O) groups is 1. The van der Waals surface area contributed by atoms with Crippen molar-refractivity contribution in [2.24, 2.45) is 0 Å². The highest BCUT2D eigenvalue weighted by Gasteiger charge is 2.24. The number of aromatic nitrogens is 1. The number of ether oxygens (including phenoxy) is 2. The Morgan fingerprint density at radius 2 is 2.08 bits per heavy atom. The molecule has 0 atom stereocenters. The highest BCUT2D eigenvalue weighted by Crippen LogP contribution is 2.15. The van der Waals surface area contributed by atoms with Crippen LogP contribution < -0.4 is 0 Å². The van der Waals surface area contributed by atoms with Crippen molar-refractivity contribution >= 4 is 6.09 Å². The van der Waals surface area contributed by atoms with E-state index in [1.54, 1.807) is 23.5 Å². The predicted octanol–water partition coefficient (Wildman–Crippen LogP) is 2.66. The molecular weight excluding hydrogens is 306 g/mol. The number of carbonyl (C=O) groups excluding carboxylic acids is 1. The third-order valence-corrected chi connectivity index (χ3v) is 3.50. The Morgan fingerprint density at radius 3 is 2.75 bits per heavy atom. The van der Waals surface area contributed by atoms with E-state index in [4.69, 9.17) is 9.47 Å². The molecule has 0 saturated carbocycles. The number of likely N-dealkylation sites (N-methyl/N-ethyl adjacent to an activating group) is 1. The summed E-state index contributed by atoms with van der Waals surface area (Å²) in [5.41, 5.74) is 0.760. The van der Waals surface area contributed by atoms with Crippen molar-refractivity contribution in [1.29, 1.82) is 0 Å². The molecule has 1 aliphatic heterocycles. The van der Waals surface area contributed by atoms with Crippen LogP contribution in [0.2, 0.25) is 0 Å². The minimum absolute atomic E-state index is 0.331.